The number of rotatable bonds is 2. The van der Waals surface area contributed by atoms with E-state index >= 15 is 0 Å². The second-order valence-electron chi connectivity index (χ2n) is 2.91. The summed E-state index contributed by atoms with van der Waals surface area (Å²) in [5, 5.41) is 8.91. The average Bonchev–Trinajstić information content (AvgIpc) is 2.05. The molecule has 0 atom stereocenters. The zero-order valence-electron chi connectivity index (χ0n) is 7.29. The summed E-state index contributed by atoms with van der Waals surface area (Å²) in [5.41, 5.74) is 3.47. The van der Waals surface area contributed by atoms with Crippen molar-refractivity contribution in [2.45, 2.75) is 20.5 Å². The summed E-state index contributed by atoms with van der Waals surface area (Å²) in [4.78, 5) is 10.5. The molecule has 1 rings (SSSR count). The van der Waals surface area contributed by atoms with Crippen molar-refractivity contribution in [3.05, 3.63) is 34.4 Å². The van der Waals surface area contributed by atoms with E-state index < -0.39 is 0 Å². The molecule has 1 aromatic rings. The number of carbonyl (C=O) groups is 1. The summed E-state index contributed by atoms with van der Waals surface area (Å²) in [6, 6.07) is 3.65. The van der Waals surface area contributed by atoms with Crippen LogP contribution in [0.4, 0.5) is 0 Å². The summed E-state index contributed by atoms with van der Waals surface area (Å²) >= 11 is 0. The number of aryl methyl sites for hydroxylation is 2. The minimum absolute atomic E-state index is 0.00699. The summed E-state index contributed by atoms with van der Waals surface area (Å²) in [6.07, 6.45) is 0.813. The lowest BCUT2D eigenvalue weighted by Gasteiger charge is -2.05. The summed E-state index contributed by atoms with van der Waals surface area (Å²) in [7, 11) is 0. The van der Waals surface area contributed by atoms with Crippen molar-refractivity contribution >= 4 is 6.29 Å². The van der Waals surface area contributed by atoms with Crippen LogP contribution in [-0.4, -0.2) is 11.4 Å². The van der Waals surface area contributed by atoms with Gasteiger partial charge >= 0.3 is 0 Å². The van der Waals surface area contributed by atoms with E-state index in [-0.39, 0.29) is 6.61 Å². The van der Waals surface area contributed by atoms with E-state index in [0.717, 1.165) is 23.0 Å². The van der Waals surface area contributed by atoms with Crippen molar-refractivity contribution in [2.24, 2.45) is 0 Å². The van der Waals surface area contributed by atoms with Gasteiger partial charge in [0.15, 0.2) is 0 Å². The molecule has 0 bridgehead atoms. The van der Waals surface area contributed by atoms with Gasteiger partial charge in [0.05, 0.1) is 6.61 Å². The molecule has 0 radical (unpaired) electrons. The lowest BCUT2D eigenvalue weighted by Crippen LogP contribution is -1.94. The molecule has 12 heavy (non-hydrogen) atoms. The van der Waals surface area contributed by atoms with Gasteiger partial charge in [-0.1, -0.05) is 6.07 Å². The molecule has 2 nitrogen and oxygen atoms in total. The normalized spacial score (nSPS) is 9.92. The van der Waals surface area contributed by atoms with E-state index in [9.17, 15) is 4.79 Å². The Morgan fingerprint density at radius 1 is 1.33 bits per heavy atom. The standard InChI is InChI=1S/C10H12O2/c1-7-3-8(2)10(6-12)4-9(7)5-11/h3-5,12H,6H2,1-2H3. The Morgan fingerprint density at radius 2 is 2.00 bits per heavy atom. The fourth-order valence-corrected chi connectivity index (χ4v) is 1.21. The van der Waals surface area contributed by atoms with Crippen LogP contribution in [0.25, 0.3) is 0 Å². The number of aldehydes is 1. The van der Waals surface area contributed by atoms with Crippen molar-refractivity contribution in [1.29, 1.82) is 0 Å². The molecule has 0 heterocycles. The third-order valence-corrected chi connectivity index (χ3v) is 2.02. The van der Waals surface area contributed by atoms with Crippen LogP contribution in [0.1, 0.15) is 27.0 Å². The molecular formula is C10H12O2. The molecule has 2 heteroatoms. The first-order chi connectivity index (χ1) is 5.69. The van der Waals surface area contributed by atoms with Crippen LogP contribution in [-0.2, 0) is 6.61 Å². The number of carbonyl (C=O) groups excluding carboxylic acids is 1. The van der Waals surface area contributed by atoms with Crippen LogP contribution in [0.15, 0.2) is 12.1 Å². The van der Waals surface area contributed by atoms with Crippen LogP contribution < -0.4 is 0 Å². The molecule has 64 valence electrons. The Morgan fingerprint density at radius 3 is 2.50 bits per heavy atom. The van der Waals surface area contributed by atoms with Gasteiger partial charge in [0.1, 0.15) is 6.29 Å². The highest BCUT2D eigenvalue weighted by Crippen LogP contribution is 2.14. The third kappa shape index (κ3) is 1.53. The maximum Gasteiger partial charge on any atom is 0.150 e. The highest BCUT2D eigenvalue weighted by atomic mass is 16.3. The third-order valence-electron chi connectivity index (χ3n) is 2.02. The first-order valence-electron chi connectivity index (χ1n) is 3.85. The number of hydrogen-bond donors (Lipinski definition) is 1. The Balaban J connectivity index is 3.26. The van der Waals surface area contributed by atoms with Gasteiger partial charge in [0, 0.05) is 5.56 Å². The molecule has 0 aromatic heterocycles. The highest BCUT2D eigenvalue weighted by molar-refractivity contribution is 5.77. The fourth-order valence-electron chi connectivity index (χ4n) is 1.21. The van der Waals surface area contributed by atoms with Crippen molar-refractivity contribution < 1.29 is 9.90 Å². The quantitative estimate of drug-likeness (QED) is 0.674. The molecule has 0 aliphatic rings. The zero-order valence-corrected chi connectivity index (χ0v) is 7.29. The number of aliphatic hydroxyl groups excluding tert-OH is 1. The largest absolute Gasteiger partial charge is 0.392 e. The Hall–Kier alpha value is -1.15. The van der Waals surface area contributed by atoms with Crippen molar-refractivity contribution in [3.63, 3.8) is 0 Å². The molecule has 0 fully saturated rings. The Labute approximate surface area is 71.8 Å². The maximum atomic E-state index is 10.5. The van der Waals surface area contributed by atoms with Crippen molar-refractivity contribution in [2.75, 3.05) is 0 Å². The van der Waals surface area contributed by atoms with Crippen molar-refractivity contribution in [3.8, 4) is 0 Å². The second-order valence-corrected chi connectivity index (χ2v) is 2.91. The predicted octanol–water partition coefficient (Wildman–Crippen LogP) is 1.61. The molecular weight excluding hydrogens is 152 g/mol. The molecule has 1 aromatic carbocycles. The lowest BCUT2D eigenvalue weighted by molar-refractivity contribution is 0.112. The van der Waals surface area contributed by atoms with Gasteiger partial charge in [-0.15, -0.1) is 0 Å². The highest BCUT2D eigenvalue weighted by Gasteiger charge is 2.02. The van der Waals surface area contributed by atoms with E-state index in [0.29, 0.717) is 5.56 Å². The second kappa shape index (κ2) is 3.50. The van der Waals surface area contributed by atoms with Gasteiger partial charge in [-0.3, -0.25) is 4.79 Å². The summed E-state index contributed by atoms with van der Waals surface area (Å²) in [5.74, 6) is 0. The molecule has 0 aliphatic carbocycles. The monoisotopic (exact) mass is 164 g/mol. The molecule has 0 unspecified atom stereocenters. The van der Waals surface area contributed by atoms with Crippen LogP contribution in [0.3, 0.4) is 0 Å². The number of hydrogen-bond acceptors (Lipinski definition) is 2. The van der Waals surface area contributed by atoms with Gasteiger partial charge in [-0.25, -0.2) is 0 Å². The zero-order chi connectivity index (χ0) is 9.14. The molecule has 0 spiro atoms. The fraction of sp³-hybridized carbons (Fsp3) is 0.300. The van der Waals surface area contributed by atoms with E-state index in [4.69, 9.17) is 5.11 Å². The van der Waals surface area contributed by atoms with Gasteiger partial charge < -0.3 is 5.11 Å². The minimum atomic E-state index is -0.00699. The van der Waals surface area contributed by atoms with E-state index in [1.165, 1.54) is 0 Å². The Bertz CT molecular complexity index is 303. The van der Waals surface area contributed by atoms with Gasteiger partial charge in [-0.2, -0.15) is 0 Å². The van der Waals surface area contributed by atoms with E-state index in [1.807, 2.05) is 19.9 Å². The lowest BCUT2D eigenvalue weighted by atomic mass is 10.0. The average molecular weight is 164 g/mol. The van der Waals surface area contributed by atoms with Gasteiger partial charge in [0.2, 0.25) is 0 Å². The van der Waals surface area contributed by atoms with Crippen LogP contribution >= 0.6 is 0 Å². The number of aliphatic hydroxyl groups is 1. The Kier molecular flexibility index (Phi) is 2.61. The SMILES string of the molecule is Cc1cc(C)c(CO)cc1C=O. The van der Waals surface area contributed by atoms with Crippen LogP contribution in [0.5, 0.6) is 0 Å². The predicted molar refractivity (Wildman–Crippen MR) is 47.2 cm³/mol. The van der Waals surface area contributed by atoms with Crippen molar-refractivity contribution in [1.82, 2.24) is 0 Å². The van der Waals surface area contributed by atoms with Crippen LogP contribution in [0.2, 0.25) is 0 Å². The molecule has 0 saturated heterocycles. The molecule has 0 saturated carbocycles. The molecule has 0 aliphatic heterocycles. The van der Waals surface area contributed by atoms with E-state index in [2.05, 4.69) is 0 Å². The topological polar surface area (TPSA) is 37.3 Å². The molecule has 1 N–H and O–H groups in total. The summed E-state index contributed by atoms with van der Waals surface area (Å²) < 4.78 is 0. The van der Waals surface area contributed by atoms with Gasteiger partial charge in [-0.05, 0) is 36.6 Å². The maximum absolute atomic E-state index is 10.5. The first-order valence-corrected chi connectivity index (χ1v) is 3.85. The van der Waals surface area contributed by atoms with Gasteiger partial charge in [0.25, 0.3) is 0 Å². The molecule has 0 amide bonds. The smallest absolute Gasteiger partial charge is 0.150 e. The summed E-state index contributed by atoms with van der Waals surface area (Å²) in [6.45, 7) is 3.80. The number of benzene rings is 1. The minimum Gasteiger partial charge on any atom is -0.392 e. The first kappa shape index (κ1) is 8.94. The van der Waals surface area contributed by atoms with Crippen LogP contribution in [0, 0.1) is 13.8 Å². The van der Waals surface area contributed by atoms with E-state index in [1.54, 1.807) is 6.07 Å².